The molecule has 1 aromatic rings. The molecule has 0 bridgehead atoms. The van der Waals surface area contributed by atoms with E-state index in [1.54, 1.807) is 41.1 Å². The standard InChI is InChI=1S/C17H28FN5O2.C2H6/c1-17(2,3)25-16(24)22(5)14-6-7-23(10-12(14)18)11-8-13(20-4)15(19)21-9-11;1-2/h8-9,12,14,20H,6-7,10H2,1-5H3,(H2,19,21);1-2H3. The minimum atomic E-state index is -1.18. The number of aromatic nitrogens is 1. The number of hydrogen-bond donors (Lipinski definition) is 2. The van der Waals surface area contributed by atoms with Crippen molar-refractivity contribution >= 4 is 23.3 Å². The van der Waals surface area contributed by atoms with Gasteiger partial charge in [-0.15, -0.1) is 0 Å². The van der Waals surface area contributed by atoms with Gasteiger partial charge in [0.05, 0.1) is 30.2 Å². The van der Waals surface area contributed by atoms with Crippen molar-refractivity contribution in [2.75, 3.05) is 43.1 Å². The quantitative estimate of drug-likeness (QED) is 0.831. The third-order valence-corrected chi connectivity index (χ3v) is 4.22. The first kappa shape index (κ1) is 22.8. The van der Waals surface area contributed by atoms with Crippen LogP contribution in [0.3, 0.4) is 0 Å². The summed E-state index contributed by atoms with van der Waals surface area (Å²) in [5.74, 6) is 0.405. The van der Waals surface area contributed by atoms with Gasteiger partial charge in [0.15, 0.2) is 0 Å². The van der Waals surface area contributed by atoms with Gasteiger partial charge in [-0.3, -0.25) is 0 Å². The van der Waals surface area contributed by atoms with Gasteiger partial charge >= 0.3 is 6.09 Å². The van der Waals surface area contributed by atoms with Gasteiger partial charge in [-0.25, -0.2) is 14.2 Å². The second-order valence-electron chi connectivity index (χ2n) is 7.29. The van der Waals surface area contributed by atoms with Gasteiger partial charge in [-0.1, -0.05) is 13.8 Å². The Hall–Kier alpha value is -2.25. The average molecular weight is 384 g/mol. The number of pyridine rings is 1. The lowest BCUT2D eigenvalue weighted by molar-refractivity contribution is 0.0106. The number of nitrogens with zero attached hydrogens (tertiary/aromatic N) is 3. The monoisotopic (exact) mass is 383 g/mol. The molecule has 27 heavy (non-hydrogen) atoms. The Kier molecular flexibility index (Phi) is 8.12. The zero-order valence-corrected chi connectivity index (χ0v) is 17.5. The summed E-state index contributed by atoms with van der Waals surface area (Å²) in [4.78, 5) is 19.6. The van der Waals surface area contributed by atoms with Crippen LogP contribution < -0.4 is 16.0 Å². The highest BCUT2D eigenvalue weighted by Crippen LogP contribution is 2.28. The number of rotatable bonds is 3. The number of hydrogen-bond acceptors (Lipinski definition) is 6. The molecule has 1 fully saturated rings. The second kappa shape index (κ2) is 9.62. The Balaban J connectivity index is 0.00000176. The molecule has 0 saturated carbocycles. The molecule has 8 heteroatoms. The fourth-order valence-corrected chi connectivity index (χ4v) is 2.87. The Morgan fingerprint density at radius 3 is 2.59 bits per heavy atom. The molecule has 2 atom stereocenters. The average Bonchev–Trinajstić information content (AvgIpc) is 2.61. The van der Waals surface area contributed by atoms with Crippen molar-refractivity contribution in [3.8, 4) is 0 Å². The minimum Gasteiger partial charge on any atom is -0.444 e. The van der Waals surface area contributed by atoms with E-state index < -0.39 is 23.9 Å². The van der Waals surface area contributed by atoms with Crippen molar-refractivity contribution in [2.45, 2.75) is 58.9 Å². The van der Waals surface area contributed by atoms with Crippen LogP contribution in [-0.4, -0.2) is 61.0 Å². The molecule has 0 spiro atoms. The fourth-order valence-electron chi connectivity index (χ4n) is 2.87. The lowest BCUT2D eigenvalue weighted by Gasteiger charge is -2.40. The van der Waals surface area contributed by atoms with E-state index in [1.165, 1.54) is 4.90 Å². The third-order valence-electron chi connectivity index (χ3n) is 4.22. The molecule has 1 aromatic heterocycles. The normalized spacial score (nSPS) is 19.6. The van der Waals surface area contributed by atoms with E-state index in [0.29, 0.717) is 24.5 Å². The number of amides is 1. The molecule has 1 aliphatic heterocycles. The van der Waals surface area contributed by atoms with Crippen molar-refractivity contribution in [2.24, 2.45) is 0 Å². The van der Waals surface area contributed by atoms with E-state index in [2.05, 4.69) is 10.3 Å². The Labute approximate surface area is 162 Å². The van der Waals surface area contributed by atoms with Gasteiger partial charge in [0, 0.05) is 20.6 Å². The molecule has 2 unspecified atom stereocenters. The van der Waals surface area contributed by atoms with Crippen LogP contribution in [0.1, 0.15) is 41.0 Å². The van der Waals surface area contributed by atoms with E-state index in [9.17, 15) is 9.18 Å². The number of nitrogens with two attached hydrogens (primary N) is 1. The molecular weight excluding hydrogens is 349 g/mol. The molecule has 154 valence electrons. The van der Waals surface area contributed by atoms with Gasteiger partial charge in [0.1, 0.15) is 17.6 Å². The van der Waals surface area contributed by atoms with Crippen molar-refractivity contribution in [3.63, 3.8) is 0 Å². The molecule has 0 radical (unpaired) electrons. The molecule has 0 aliphatic carbocycles. The van der Waals surface area contributed by atoms with Crippen LogP contribution in [0, 0.1) is 0 Å². The van der Waals surface area contributed by atoms with Crippen LogP contribution >= 0.6 is 0 Å². The molecule has 3 N–H and O–H groups in total. The van der Waals surface area contributed by atoms with Gasteiger partial charge < -0.3 is 25.6 Å². The van der Waals surface area contributed by atoms with Gasteiger partial charge in [0.25, 0.3) is 0 Å². The number of ether oxygens (including phenoxy) is 1. The van der Waals surface area contributed by atoms with Crippen molar-refractivity contribution in [1.82, 2.24) is 9.88 Å². The number of anilines is 3. The minimum absolute atomic E-state index is 0.187. The number of nitrogen functional groups attached to an aromatic ring is 1. The second-order valence-corrected chi connectivity index (χ2v) is 7.29. The number of alkyl halides is 1. The van der Waals surface area contributed by atoms with E-state index >= 15 is 0 Å². The Bertz CT molecular complexity index is 621. The maximum absolute atomic E-state index is 14.7. The highest BCUT2D eigenvalue weighted by atomic mass is 19.1. The summed E-state index contributed by atoms with van der Waals surface area (Å²) in [7, 11) is 3.35. The van der Waals surface area contributed by atoms with Crippen molar-refractivity contribution in [1.29, 1.82) is 0 Å². The largest absolute Gasteiger partial charge is 0.444 e. The molecule has 2 rings (SSSR count). The van der Waals surface area contributed by atoms with Crippen molar-refractivity contribution < 1.29 is 13.9 Å². The van der Waals surface area contributed by atoms with Crippen LogP contribution in [0.15, 0.2) is 12.3 Å². The molecule has 2 heterocycles. The van der Waals surface area contributed by atoms with Gasteiger partial charge in [-0.2, -0.15) is 0 Å². The number of piperidine rings is 1. The summed E-state index contributed by atoms with van der Waals surface area (Å²) >= 11 is 0. The topological polar surface area (TPSA) is 83.7 Å². The van der Waals surface area contributed by atoms with E-state index in [-0.39, 0.29) is 6.54 Å². The van der Waals surface area contributed by atoms with Crippen molar-refractivity contribution in [3.05, 3.63) is 12.3 Å². The zero-order chi connectivity index (χ0) is 20.8. The van der Waals surface area contributed by atoms with E-state index in [4.69, 9.17) is 10.5 Å². The van der Waals surface area contributed by atoms with E-state index in [1.807, 2.05) is 24.8 Å². The number of carbonyl (C=O) groups excluding carboxylic acids is 1. The number of halogens is 1. The summed E-state index contributed by atoms with van der Waals surface area (Å²) in [6, 6.07) is 1.35. The molecule has 1 amide bonds. The summed E-state index contributed by atoms with van der Waals surface area (Å²) in [5, 5.41) is 2.97. The predicted octanol–water partition coefficient (Wildman–Crippen LogP) is 3.52. The Morgan fingerprint density at radius 1 is 1.44 bits per heavy atom. The maximum atomic E-state index is 14.7. The SMILES string of the molecule is CC.CNc1cc(N2CCC(N(C)C(=O)OC(C)(C)C)C(F)C2)cnc1N. The van der Waals surface area contributed by atoms with Crippen LogP contribution in [0.5, 0.6) is 0 Å². The lowest BCUT2D eigenvalue weighted by Crippen LogP contribution is -2.53. The van der Waals surface area contributed by atoms with Crippen LogP contribution in [0.25, 0.3) is 0 Å². The highest BCUT2D eigenvalue weighted by Gasteiger charge is 2.36. The Morgan fingerprint density at radius 2 is 2.07 bits per heavy atom. The number of carbonyl (C=O) groups is 1. The van der Waals surface area contributed by atoms with Gasteiger partial charge in [-0.05, 0) is 33.3 Å². The summed E-state index contributed by atoms with van der Waals surface area (Å²) < 4.78 is 20.1. The summed E-state index contributed by atoms with van der Waals surface area (Å²) in [6.45, 7) is 10.2. The molecule has 0 aromatic carbocycles. The molecule has 1 aliphatic rings. The predicted molar refractivity (Wildman–Crippen MR) is 109 cm³/mol. The maximum Gasteiger partial charge on any atom is 0.410 e. The third kappa shape index (κ3) is 6.15. The van der Waals surface area contributed by atoms with Gasteiger partial charge in [0.2, 0.25) is 0 Å². The first-order valence-electron chi connectivity index (χ1n) is 9.40. The molecule has 7 nitrogen and oxygen atoms in total. The van der Waals surface area contributed by atoms with Crippen LogP contribution in [0.2, 0.25) is 0 Å². The molecule has 1 saturated heterocycles. The smallest absolute Gasteiger partial charge is 0.410 e. The lowest BCUT2D eigenvalue weighted by atomic mass is 10.0. The summed E-state index contributed by atoms with van der Waals surface area (Å²) in [6.07, 6.45) is 0.471. The molecular formula is C19H34FN5O2. The fraction of sp³-hybridized carbons (Fsp3) is 0.684. The first-order chi connectivity index (χ1) is 12.6. The highest BCUT2D eigenvalue weighted by molar-refractivity contribution is 5.69. The van der Waals surface area contributed by atoms with Crippen LogP contribution in [0.4, 0.5) is 26.4 Å². The van der Waals surface area contributed by atoms with Crippen LogP contribution in [-0.2, 0) is 4.74 Å². The summed E-state index contributed by atoms with van der Waals surface area (Å²) in [5.41, 5.74) is 6.69. The number of nitrogens with one attached hydrogen (secondary N) is 1. The first-order valence-corrected chi connectivity index (χ1v) is 9.40. The zero-order valence-electron chi connectivity index (χ0n) is 17.5. The van der Waals surface area contributed by atoms with E-state index in [0.717, 1.165) is 5.69 Å².